The van der Waals surface area contributed by atoms with Crippen LogP contribution in [0.2, 0.25) is 0 Å². The van der Waals surface area contributed by atoms with Crippen LogP contribution in [-0.4, -0.2) is 36.7 Å². The minimum Gasteiger partial charge on any atom is -0.449 e. The van der Waals surface area contributed by atoms with E-state index in [1.165, 1.54) is 0 Å². The molecule has 1 unspecified atom stereocenters. The number of carbonyl (C=O) groups excluding carboxylic acids is 1. The summed E-state index contributed by atoms with van der Waals surface area (Å²) in [5, 5.41) is 0. The van der Waals surface area contributed by atoms with Gasteiger partial charge >= 0.3 is 6.09 Å². The Morgan fingerprint density at radius 1 is 1.47 bits per heavy atom. The molecule has 0 radical (unpaired) electrons. The first-order chi connectivity index (χ1) is 7.24. The molecular formula is C11H22N2O2. The number of amides is 1. The average Bonchev–Trinajstić information content (AvgIpc) is 2.43. The Labute approximate surface area is 91.8 Å². The summed E-state index contributed by atoms with van der Waals surface area (Å²) < 4.78 is 5.16. The maximum absolute atomic E-state index is 11.6. The van der Waals surface area contributed by atoms with Gasteiger partial charge in [0.1, 0.15) is 0 Å². The highest BCUT2D eigenvalue weighted by Gasteiger charge is 2.19. The number of likely N-dealkylation sites (tertiary alicyclic amines) is 1. The van der Waals surface area contributed by atoms with E-state index >= 15 is 0 Å². The Kier molecular flexibility index (Phi) is 5.47. The molecule has 0 aromatic heterocycles. The molecule has 2 N–H and O–H groups in total. The number of hydrogen-bond donors (Lipinski definition) is 1. The number of nitrogens with two attached hydrogens (primary N) is 1. The number of carbonyl (C=O) groups is 1. The van der Waals surface area contributed by atoms with Crippen molar-refractivity contribution in [3.05, 3.63) is 0 Å². The zero-order valence-electron chi connectivity index (χ0n) is 9.58. The molecule has 1 atom stereocenters. The lowest BCUT2D eigenvalue weighted by molar-refractivity contribution is 0.102. The van der Waals surface area contributed by atoms with Crippen molar-refractivity contribution in [3.8, 4) is 0 Å². The van der Waals surface area contributed by atoms with Crippen LogP contribution in [0.5, 0.6) is 0 Å². The fourth-order valence-corrected chi connectivity index (χ4v) is 1.70. The van der Waals surface area contributed by atoms with Gasteiger partial charge in [0.05, 0.1) is 6.61 Å². The molecule has 1 heterocycles. The Morgan fingerprint density at radius 2 is 2.27 bits per heavy atom. The summed E-state index contributed by atoms with van der Waals surface area (Å²) in [6.07, 6.45) is 4.72. The normalized spacial score (nSPS) is 22.3. The smallest absolute Gasteiger partial charge is 0.409 e. The Hall–Kier alpha value is -0.770. The van der Waals surface area contributed by atoms with Crippen LogP contribution < -0.4 is 5.73 Å². The lowest BCUT2D eigenvalue weighted by Crippen LogP contribution is -2.33. The lowest BCUT2D eigenvalue weighted by Gasteiger charge is -2.19. The van der Waals surface area contributed by atoms with Gasteiger partial charge in [0.2, 0.25) is 0 Å². The fraction of sp³-hybridized carbons (Fsp3) is 0.909. The summed E-state index contributed by atoms with van der Waals surface area (Å²) in [6, 6.07) is 0.249. The van der Waals surface area contributed by atoms with Gasteiger partial charge < -0.3 is 15.4 Å². The second-order valence-corrected chi connectivity index (χ2v) is 4.15. The largest absolute Gasteiger partial charge is 0.449 e. The van der Waals surface area contributed by atoms with E-state index < -0.39 is 0 Å². The van der Waals surface area contributed by atoms with E-state index in [0.29, 0.717) is 6.61 Å². The monoisotopic (exact) mass is 214 g/mol. The molecular weight excluding hydrogens is 192 g/mol. The van der Waals surface area contributed by atoms with E-state index in [-0.39, 0.29) is 12.1 Å². The second-order valence-electron chi connectivity index (χ2n) is 4.15. The molecule has 0 spiro atoms. The molecule has 1 fully saturated rings. The van der Waals surface area contributed by atoms with E-state index in [1.807, 2.05) is 0 Å². The molecule has 0 bridgehead atoms. The Balaban J connectivity index is 2.25. The van der Waals surface area contributed by atoms with Crippen molar-refractivity contribution in [1.82, 2.24) is 4.90 Å². The lowest BCUT2D eigenvalue weighted by atomic mass is 10.1. The van der Waals surface area contributed by atoms with Crippen LogP contribution in [-0.2, 0) is 4.74 Å². The van der Waals surface area contributed by atoms with Crippen molar-refractivity contribution in [2.75, 3.05) is 19.7 Å². The summed E-state index contributed by atoms with van der Waals surface area (Å²) in [4.78, 5) is 13.4. The number of rotatable bonds is 3. The molecule has 88 valence electrons. The highest BCUT2D eigenvalue weighted by molar-refractivity contribution is 5.67. The van der Waals surface area contributed by atoms with Gasteiger partial charge in [0.15, 0.2) is 0 Å². The van der Waals surface area contributed by atoms with Gasteiger partial charge in [-0.3, -0.25) is 0 Å². The maximum atomic E-state index is 11.6. The zero-order valence-corrected chi connectivity index (χ0v) is 9.58. The molecule has 4 nitrogen and oxygen atoms in total. The number of ether oxygens (including phenoxy) is 1. The van der Waals surface area contributed by atoms with Crippen molar-refractivity contribution in [2.45, 2.75) is 45.1 Å². The first-order valence-electron chi connectivity index (χ1n) is 5.91. The maximum Gasteiger partial charge on any atom is 0.409 e. The second kappa shape index (κ2) is 6.67. The van der Waals surface area contributed by atoms with Gasteiger partial charge in [-0.2, -0.15) is 0 Å². The van der Waals surface area contributed by atoms with Crippen LogP contribution in [0.3, 0.4) is 0 Å². The van der Waals surface area contributed by atoms with E-state index in [0.717, 1.165) is 45.2 Å². The summed E-state index contributed by atoms with van der Waals surface area (Å²) in [5.41, 5.74) is 5.84. The highest BCUT2D eigenvalue weighted by atomic mass is 16.6. The third-order valence-electron chi connectivity index (χ3n) is 2.75. The molecule has 1 amide bonds. The van der Waals surface area contributed by atoms with E-state index in [4.69, 9.17) is 10.5 Å². The van der Waals surface area contributed by atoms with Crippen LogP contribution >= 0.6 is 0 Å². The molecule has 4 heteroatoms. The van der Waals surface area contributed by atoms with Crippen molar-refractivity contribution in [3.63, 3.8) is 0 Å². The average molecular weight is 214 g/mol. The van der Waals surface area contributed by atoms with Crippen molar-refractivity contribution >= 4 is 6.09 Å². The van der Waals surface area contributed by atoms with Crippen molar-refractivity contribution in [1.29, 1.82) is 0 Å². The van der Waals surface area contributed by atoms with Gasteiger partial charge in [-0.25, -0.2) is 4.79 Å². The van der Waals surface area contributed by atoms with Gasteiger partial charge in [0.25, 0.3) is 0 Å². The molecule has 0 saturated carbocycles. The molecule has 1 aliphatic heterocycles. The quantitative estimate of drug-likeness (QED) is 0.728. The molecule has 15 heavy (non-hydrogen) atoms. The van der Waals surface area contributed by atoms with Crippen LogP contribution in [0.15, 0.2) is 0 Å². The molecule has 1 saturated heterocycles. The predicted molar refractivity (Wildman–Crippen MR) is 59.7 cm³/mol. The third-order valence-corrected chi connectivity index (χ3v) is 2.75. The number of nitrogens with zero attached hydrogens (tertiary/aromatic N) is 1. The third kappa shape index (κ3) is 4.51. The van der Waals surface area contributed by atoms with Gasteiger partial charge in [-0.1, -0.05) is 13.3 Å². The number of unbranched alkanes of at least 4 members (excludes halogenated alkanes) is 1. The first kappa shape index (κ1) is 12.3. The Morgan fingerprint density at radius 3 is 3.00 bits per heavy atom. The summed E-state index contributed by atoms with van der Waals surface area (Å²) >= 11 is 0. The Bertz CT molecular complexity index is 197. The number of hydrogen-bond acceptors (Lipinski definition) is 3. The van der Waals surface area contributed by atoms with Crippen LogP contribution in [0.25, 0.3) is 0 Å². The van der Waals surface area contributed by atoms with Crippen molar-refractivity contribution < 1.29 is 9.53 Å². The van der Waals surface area contributed by atoms with E-state index in [1.54, 1.807) is 4.90 Å². The van der Waals surface area contributed by atoms with Crippen LogP contribution in [0.4, 0.5) is 4.79 Å². The molecule has 0 aromatic rings. The first-order valence-corrected chi connectivity index (χ1v) is 5.91. The highest BCUT2D eigenvalue weighted by Crippen LogP contribution is 2.10. The predicted octanol–water partition coefficient (Wildman–Crippen LogP) is 1.74. The molecule has 1 aliphatic rings. The van der Waals surface area contributed by atoms with E-state index in [2.05, 4.69) is 6.92 Å². The minimum atomic E-state index is -0.169. The summed E-state index contributed by atoms with van der Waals surface area (Å²) in [6.45, 7) is 4.15. The standard InChI is InChI=1S/C11H22N2O2/c1-2-3-9-15-11(14)13-7-4-5-10(12)6-8-13/h10H,2-9,12H2,1H3. The minimum absolute atomic E-state index is 0.169. The molecule has 0 aromatic carbocycles. The van der Waals surface area contributed by atoms with Gasteiger partial charge in [-0.05, 0) is 25.7 Å². The van der Waals surface area contributed by atoms with Gasteiger partial charge in [-0.15, -0.1) is 0 Å². The van der Waals surface area contributed by atoms with Crippen LogP contribution in [0, 0.1) is 0 Å². The van der Waals surface area contributed by atoms with Crippen molar-refractivity contribution in [2.24, 2.45) is 5.73 Å². The zero-order chi connectivity index (χ0) is 11.1. The summed E-state index contributed by atoms with van der Waals surface area (Å²) in [5.74, 6) is 0. The topological polar surface area (TPSA) is 55.6 Å². The summed E-state index contributed by atoms with van der Waals surface area (Å²) in [7, 11) is 0. The molecule has 1 rings (SSSR count). The SMILES string of the molecule is CCCCOC(=O)N1CCCC(N)CC1. The van der Waals surface area contributed by atoms with Crippen LogP contribution in [0.1, 0.15) is 39.0 Å². The fourth-order valence-electron chi connectivity index (χ4n) is 1.70. The van der Waals surface area contributed by atoms with Gasteiger partial charge in [0, 0.05) is 19.1 Å². The molecule has 0 aliphatic carbocycles. The van der Waals surface area contributed by atoms with E-state index in [9.17, 15) is 4.79 Å².